The molecular weight excluding hydrogens is 519 g/mol. The van der Waals surface area contributed by atoms with Crippen LogP contribution in [-0.2, 0) is 13.6 Å². The van der Waals surface area contributed by atoms with Crippen molar-refractivity contribution < 1.29 is 27.1 Å². The minimum Gasteiger partial charge on any atom is -0.423 e. The lowest BCUT2D eigenvalue weighted by molar-refractivity contribution is 0.321. The average Bonchev–Trinajstić information content (AvgIpc) is 2.84. The number of rotatable bonds is 9. The molecule has 1 aliphatic rings. The van der Waals surface area contributed by atoms with Crippen molar-refractivity contribution in [1.82, 2.24) is 9.72 Å². The minimum atomic E-state index is -3.28. The summed E-state index contributed by atoms with van der Waals surface area (Å²) in [5.74, 6) is 1.76. The third-order valence-electron chi connectivity index (χ3n) is 5.16. The van der Waals surface area contributed by atoms with Crippen LogP contribution in [-0.4, -0.2) is 21.3 Å². The zero-order chi connectivity index (χ0) is 25.8. The highest BCUT2D eigenvalue weighted by Crippen LogP contribution is 2.80. The average molecular weight is 551 g/mol. The Morgan fingerprint density at radius 1 is 0.694 bits per heavy atom. The first-order chi connectivity index (χ1) is 17.2. The predicted molar refractivity (Wildman–Crippen MR) is 146 cm³/mol. The molecule has 0 radical (unpaired) electrons. The molecule has 0 aromatic heterocycles. The molecule has 4 rings (SSSR count). The molecule has 1 aliphatic heterocycles. The lowest BCUT2D eigenvalue weighted by Crippen LogP contribution is -2.37. The molecule has 9 nitrogen and oxygen atoms in total. The van der Waals surface area contributed by atoms with E-state index in [-0.39, 0.29) is 0 Å². The van der Waals surface area contributed by atoms with Gasteiger partial charge in [0, 0.05) is 11.6 Å². The lowest BCUT2D eigenvalue weighted by Gasteiger charge is -2.32. The van der Waals surface area contributed by atoms with Crippen LogP contribution in [0.2, 0.25) is 0 Å². The topological polar surface area (TPSA) is 91.8 Å². The van der Waals surface area contributed by atoms with Gasteiger partial charge in [0.2, 0.25) is 0 Å². The van der Waals surface area contributed by atoms with Gasteiger partial charge in [0.15, 0.2) is 11.5 Å². The molecule has 3 unspecified atom stereocenters. The number of aryl methyl sites for hydroxylation is 3. The van der Waals surface area contributed by atoms with E-state index in [4.69, 9.17) is 31.7 Å². The Morgan fingerprint density at radius 2 is 1.22 bits per heavy atom. The van der Waals surface area contributed by atoms with Crippen molar-refractivity contribution in [2.45, 2.75) is 20.8 Å². The summed E-state index contributed by atoms with van der Waals surface area (Å²) in [5.41, 5.74) is 3.10. The van der Waals surface area contributed by atoms with E-state index in [9.17, 15) is 0 Å². The molecule has 3 aromatic rings. The van der Waals surface area contributed by atoms with Crippen LogP contribution in [0.15, 0.2) is 77.3 Å². The van der Waals surface area contributed by atoms with Crippen molar-refractivity contribution in [1.29, 1.82) is 0 Å². The first-order valence-electron chi connectivity index (χ1n) is 11.2. The van der Waals surface area contributed by atoms with Crippen molar-refractivity contribution in [2.24, 2.45) is 4.52 Å². The largest absolute Gasteiger partial charge is 0.570 e. The van der Waals surface area contributed by atoms with Crippen LogP contribution < -0.4 is 23.3 Å². The van der Waals surface area contributed by atoms with Gasteiger partial charge in [0.05, 0.1) is 19.1 Å². The molecule has 0 fully saturated rings. The van der Waals surface area contributed by atoms with E-state index in [1.807, 2.05) is 93.6 Å². The second kappa shape index (κ2) is 11.1. The molecule has 12 heteroatoms. The Bertz CT molecular complexity index is 1280. The third-order valence-corrected chi connectivity index (χ3v) is 14.1. The molecule has 0 aliphatic carbocycles. The summed E-state index contributed by atoms with van der Waals surface area (Å²) >= 11 is 0. The molecule has 3 atom stereocenters. The highest BCUT2D eigenvalue weighted by molar-refractivity contribution is 7.88. The summed E-state index contributed by atoms with van der Waals surface area (Å²) < 4.78 is 42.1. The van der Waals surface area contributed by atoms with Crippen LogP contribution in [0.4, 0.5) is 0 Å². The quantitative estimate of drug-likeness (QED) is 0.263. The number of hydrogen-bond acceptors (Lipinski definition) is 9. The lowest BCUT2D eigenvalue weighted by atomic mass is 10.2. The van der Waals surface area contributed by atoms with E-state index >= 15 is 0 Å². The molecule has 0 saturated carbocycles. The maximum atomic E-state index is 6.45. The Kier molecular flexibility index (Phi) is 8.35. The second-order valence-electron chi connectivity index (χ2n) is 8.15. The predicted octanol–water partition coefficient (Wildman–Crippen LogP) is 7.58. The van der Waals surface area contributed by atoms with Crippen LogP contribution in [0.3, 0.4) is 0 Å². The van der Waals surface area contributed by atoms with Gasteiger partial charge < -0.3 is 9.05 Å². The monoisotopic (exact) mass is 551 g/mol. The van der Waals surface area contributed by atoms with Gasteiger partial charge in [-0.1, -0.05) is 36.4 Å². The van der Waals surface area contributed by atoms with E-state index in [0.717, 1.165) is 16.7 Å². The van der Waals surface area contributed by atoms with E-state index < -0.39 is 23.7 Å². The Hall–Kier alpha value is -2.05. The van der Waals surface area contributed by atoms with Gasteiger partial charge in [-0.25, -0.2) is 0 Å². The van der Waals surface area contributed by atoms with Gasteiger partial charge in [0.1, 0.15) is 5.75 Å². The van der Waals surface area contributed by atoms with Gasteiger partial charge in [-0.05, 0) is 78.7 Å². The summed E-state index contributed by atoms with van der Waals surface area (Å²) in [7, 11) is -5.13. The van der Waals surface area contributed by atoms with Crippen molar-refractivity contribution in [3.8, 4) is 17.2 Å². The molecular formula is C24H32N3O6P3+2. The molecule has 0 saturated heterocycles. The van der Waals surface area contributed by atoms with Crippen LogP contribution in [0.5, 0.6) is 17.2 Å². The number of nitrogens with one attached hydrogen (secondary N) is 2. The molecule has 0 bridgehead atoms. The molecule has 0 amide bonds. The molecule has 3 aromatic carbocycles. The van der Waals surface area contributed by atoms with Crippen LogP contribution in [0.25, 0.3) is 0 Å². The fourth-order valence-electron chi connectivity index (χ4n) is 3.47. The maximum Gasteiger partial charge on any atom is 0.570 e. The maximum absolute atomic E-state index is 6.45. The van der Waals surface area contributed by atoms with Gasteiger partial charge in [-0.2, -0.15) is 9.05 Å². The fraction of sp³-hybridized carbons (Fsp3) is 0.250. The van der Waals surface area contributed by atoms with Gasteiger partial charge >= 0.3 is 23.7 Å². The summed E-state index contributed by atoms with van der Waals surface area (Å²) in [6.45, 7) is 5.96. The zero-order valence-corrected chi connectivity index (χ0v) is 23.8. The fourth-order valence-corrected chi connectivity index (χ4v) is 13.3. The van der Waals surface area contributed by atoms with E-state index in [2.05, 4.69) is 9.72 Å². The minimum absolute atomic E-state index is 0.581. The summed E-state index contributed by atoms with van der Waals surface area (Å²) in [4.78, 5) is 6.65. The van der Waals surface area contributed by atoms with Crippen molar-refractivity contribution in [3.05, 3.63) is 89.5 Å². The van der Waals surface area contributed by atoms with Crippen molar-refractivity contribution in [2.75, 3.05) is 21.3 Å². The highest BCUT2D eigenvalue weighted by Gasteiger charge is 2.71. The number of hydrogen-bond donors (Lipinski definition) is 2. The molecule has 36 heavy (non-hydrogen) atoms. The molecule has 192 valence electrons. The number of nitrogens with zero attached hydrogens (tertiary/aromatic N) is 1. The summed E-state index contributed by atoms with van der Waals surface area (Å²) in [6, 6.07) is 22.9. The van der Waals surface area contributed by atoms with Gasteiger partial charge in [-0.15, -0.1) is 0 Å². The molecule has 2 N–H and O–H groups in total. The molecule has 1 heterocycles. The van der Waals surface area contributed by atoms with Gasteiger partial charge in [-0.3, -0.25) is 9.05 Å². The van der Waals surface area contributed by atoms with Crippen molar-refractivity contribution >= 4 is 23.7 Å². The summed E-state index contributed by atoms with van der Waals surface area (Å²) in [6.07, 6.45) is 0. The van der Waals surface area contributed by atoms with Crippen LogP contribution >= 0.6 is 23.7 Å². The Balaban J connectivity index is 1.84. The van der Waals surface area contributed by atoms with Crippen LogP contribution in [0.1, 0.15) is 16.7 Å². The standard InChI is InChI=1S/C24H32N3O6P3/c1-19-10-7-13-22(16-19)31-34(28-4)25-35(29-5,32-23-14-8-11-20(2)17-23)27-36(26-34,30-6)33-24-15-9-12-21(3)18-24/h7-18,25-26H,1-6H3/q+2. The van der Waals surface area contributed by atoms with Crippen molar-refractivity contribution in [3.63, 3.8) is 0 Å². The Morgan fingerprint density at radius 3 is 1.72 bits per heavy atom. The summed E-state index contributed by atoms with van der Waals surface area (Å²) in [5, 5.41) is 0. The highest BCUT2D eigenvalue weighted by atomic mass is 31.3. The molecule has 0 spiro atoms. The van der Waals surface area contributed by atoms with Gasteiger partial charge in [0.25, 0.3) is 0 Å². The van der Waals surface area contributed by atoms with E-state index in [0.29, 0.717) is 17.2 Å². The second-order valence-corrected chi connectivity index (χ2v) is 15.3. The first kappa shape index (κ1) is 27.0. The Labute approximate surface area is 213 Å². The van der Waals surface area contributed by atoms with E-state index in [1.54, 1.807) is 7.11 Å². The first-order valence-corrected chi connectivity index (χ1v) is 16.0. The van der Waals surface area contributed by atoms with Crippen LogP contribution in [0, 0.1) is 20.8 Å². The third kappa shape index (κ3) is 6.25. The smallest absolute Gasteiger partial charge is 0.423 e. The number of benzene rings is 3. The van der Waals surface area contributed by atoms with E-state index in [1.165, 1.54) is 14.2 Å². The SMILES string of the molecule is COP1(Oc2cccc(C)c2)=N[P+](OC)(Oc2cccc(C)c2)N[P+](OC)(Oc2cccc(C)c2)N1. The zero-order valence-electron chi connectivity index (χ0n) is 21.2. The normalized spacial score (nSPS) is 25.6.